The molecule has 1 unspecified atom stereocenters. The molecule has 0 radical (unpaired) electrons. The van der Waals surface area contributed by atoms with Crippen molar-refractivity contribution >= 4 is 29.0 Å². The summed E-state index contributed by atoms with van der Waals surface area (Å²) in [6.07, 6.45) is 2.12. The van der Waals surface area contributed by atoms with E-state index in [1.165, 1.54) is 0 Å². The molecule has 0 aliphatic heterocycles. The second-order valence-electron chi connectivity index (χ2n) is 3.49. The third-order valence-corrected chi connectivity index (χ3v) is 3.04. The lowest BCUT2D eigenvalue weighted by Crippen LogP contribution is -1.96. The highest BCUT2D eigenvalue weighted by atomic mass is 35.5. The molecule has 2 nitrogen and oxygen atoms in total. The number of carbonyl (C=O) groups is 1. The first-order chi connectivity index (χ1) is 6.66. The highest BCUT2D eigenvalue weighted by Gasteiger charge is 2.25. The molecule has 1 aromatic rings. The third kappa shape index (κ3) is 1.91. The van der Waals surface area contributed by atoms with Crippen LogP contribution in [0.25, 0.3) is 0 Å². The van der Waals surface area contributed by atoms with E-state index in [-0.39, 0.29) is 5.92 Å². The molecule has 1 heterocycles. The van der Waals surface area contributed by atoms with E-state index in [1.807, 2.05) is 6.07 Å². The largest absolute Gasteiger partial charge is 0.300 e. The Bertz CT molecular complexity index is 378. The first kappa shape index (κ1) is 9.94. The van der Waals surface area contributed by atoms with Crippen molar-refractivity contribution in [2.45, 2.75) is 25.2 Å². The van der Waals surface area contributed by atoms with Crippen LogP contribution in [0.4, 0.5) is 0 Å². The molecule has 1 aliphatic carbocycles. The number of hydrogen-bond donors (Lipinski definition) is 0. The molecule has 1 atom stereocenters. The van der Waals surface area contributed by atoms with Crippen molar-refractivity contribution in [3.05, 3.63) is 28.0 Å². The van der Waals surface area contributed by atoms with Crippen LogP contribution in [0.15, 0.2) is 12.1 Å². The Morgan fingerprint density at radius 3 is 2.71 bits per heavy atom. The van der Waals surface area contributed by atoms with Crippen LogP contribution in [0.5, 0.6) is 0 Å². The molecule has 4 heteroatoms. The number of hydrogen-bond acceptors (Lipinski definition) is 2. The summed E-state index contributed by atoms with van der Waals surface area (Å²) in [6.45, 7) is 0. The molecule has 74 valence electrons. The van der Waals surface area contributed by atoms with Gasteiger partial charge in [-0.15, -0.1) is 0 Å². The molecule has 0 aromatic carbocycles. The van der Waals surface area contributed by atoms with Gasteiger partial charge in [-0.05, 0) is 24.0 Å². The van der Waals surface area contributed by atoms with E-state index < -0.39 is 0 Å². The van der Waals surface area contributed by atoms with Gasteiger partial charge in [0.15, 0.2) is 0 Å². The van der Waals surface area contributed by atoms with Gasteiger partial charge in [0, 0.05) is 12.8 Å². The average Bonchev–Trinajstić information content (AvgIpc) is 2.51. The summed E-state index contributed by atoms with van der Waals surface area (Å²) in [5, 5.41) is 0.820. The smallest absolute Gasteiger partial charge is 0.134 e. The predicted molar refractivity (Wildman–Crippen MR) is 55.9 cm³/mol. The van der Waals surface area contributed by atoms with Gasteiger partial charge in [0.25, 0.3) is 0 Å². The maximum absolute atomic E-state index is 11.1. The number of halogens is 2. The van der Waals surface area contributed by atoms with Gasteiger partial charge in [-0.25, -0.2) is 4.98 Å². The normalized spacial score (nSPS) is 21.6. The lowest BCUT2D eigenvalue weighted by molar-refractivity contribution is -0.117. The highest BCUT2D eigenvalue weighted by molar-refractivity contribution is 6.32. The van der Waals surface area contributed by atoms with Crippen LogP contribution in [0, 0.1) is 0 Å². The van der Waals surface area contributed by atoms with E-state index in [2.05, 4.69) is 4.98 Å². The van der Waals surface area contributed by atoms with E-state index in [1.54, 1.807) is 6.07 Å². The van der Waals surface area contributed by atoms with E-state index in [9.17, 15) is 4.79 Å². The monoisotopic (exact) mass is 229 g/mol. The van der Waals surface area contributed by atoms with Crippen LogP contribution in [-0.4, -0.2) is 10.8 Å². The molecule has 0 bridgehead atoms. The third-order valence-electron chi connectivity index (χ3n) is 2.53. The molecule has 1 aromatic heterocycles. The summed E-state index contributed by atoms with van der Waals surface area (Å²) in [5.41, 5.74) is 0.946. The zero-order valence-corrected chi connectivity index (χ0v) is 8.98. The minimum atomic E-state index is 0.236. The Balaban J connectivity index is 2.28. The van der Waals surface area contributed by atoms with E-state index >= 15 is 0 Å². The van der Waals surface area contributed by atoms with Crippen molar-refractivity contribution < 1.29 is 4.79 Å². The summed E-state index contributed by atoms with van der Waals surface area (Å²) in [5.74, 6) is 0.542. The van der Waals surface area contributed by atoms with Crippen molar-refractivity contribution in [2.75, 3.05) is 0 Å². The van der Waals surface area contributed by atoms with E-state index in [0.717, 1.165) is 12.0 Å². The van der Waals surface area contributed by atoms with Gasteiger partial charge in [-0.2, -0.15) is 0 Å². The molecular formula is C10H9Cl2NO. The van der Waals surface area contributed by atoms with Gasteiger partial charge >= 0.3 is 0 Å². The van der Waals surface area contributed by atoms with Crippen molar-refractivity contribution in [3.8, 4) is 0 Å². The number of aromatic nitrogens is 1. The van der Waals surface area contributed by atoms with Crippen LogP contribution >= 0.6 is 23.2 Å². The number of pyridine rings is 1. The summed E-state index contributed by atoms with van der Waals surface area (Å²) < 4.78 is 0. The Kier molecular flexibility index (Phi) is 2.75. The highest BCUT2D eigenvalue weighted by Crippen LogP contribution is 2.35. The van der Waals surface area contributed by atoms with Gasteiger partial charge in [0.1, 0.15) is 16.1 Å². The lowest BCUT2D eigenvalue weighted by atomic mass is 10.00. The average molecular weight is 230 g/mol. The Morgan fingerprint density at radius 2 is 2.14 bits per heavy atom. The van der Waals surface area contributed by atoms with E-state index in [4.69, 9.17) is 23.2 Å². The fourth-order valence-electron chi connectivity index (χ4n) is 1.81. The maximum atomic E-state index is 11.1. The summed E-state index contributed by atoms with van der Waals surface area (Å²) >= 11 is 11.6. The number of carbonyl (C=O) groups excluding carboxylic acids is 1. The van der Waals surface area contributed by atoms with Gasteiger partial charge in [0.05, 0.1) is 0 Å². The molecule has 1 saturated carbocycles. The molecule has 14 heavy (non-hydrogen) atoms. The van der Waals surface area contributed by atoms with Crippen LogP contribution in [-0.2, 0) is 4.79 Å². The molecule has 1 aliphatic rings. The molecule has 0 amide bonds. The minimum absolute atomic E-state index is 0.236. The Labute approximate surface area is 92.2 Å². The maximum Gasteiger partial charge on any atom is 0.134 e. The van der Waals surface area contributed by atoms with Crippen LogP contribution in [0.1, 0.15) is 30.7 Å². The zero-order chi connectivity index (χ0) is 10.1. The quantitative estimate of drug-likeness (QED) is 0.693. The first-order valence-corrected chi connectivity index (χ1v) is 5.26. The number of rotatable bonds is 1. The summed E-state index contributed by atoms with van der Waals surface area (Å²) in [4.78, 5) is 15.1. The van der Waals surface area contributed by atoms with Crippen molar-refractivity contribution in [3.63, 3.8) is 0 Å². The zero-order valence-electron chi connectivity index (χ0n) is 7.46. The second kappa shape index (κ2) is 3.87. The predicted octanol–water partition coefficient (Wildman–Crippen LogP) is 3.23. The van der Waals surface area contributed by atoms with Gasteiger partial charge in [-0.3, -0.25) is 4.79 Å². The van der Waals surface area contributed by atoms with Crippen molar-refractivity contribution in [1.82, 2.24) is 4.98 Å². The minimum Gasteiger partial charge on any atom is -0.300 e. The van der Waals surface area contributed by atoms with Crippen LogP contribution in [0.2, 0.25) is 10.3 Å². The number of Topliss-reactive ketones (excluding diaryl/α,β-unsaturated/α-hetero) is 1. The molecule has 0 saturated heterocycles. The topological polar surface area (TPSA) is 30.0 Å². The van der Waals surface area contributed by atoms with Crippen molar-refractivity contribution in [2.24, 2.45) is 0 Å². The molecule has 0 N–H and O–H groups in total. The summed E-state index contributed by atoms with van der Waals surface area (Å²) in [7, 11) is 0. The SMILES string of the molecule is O=C1CCC(c2ccc(Cl)nc2Cl)C1. The fraction of sp³-hybridized carbons (Fsp3) is 0.400. The lowest BCUT2D eigenvalue weighted by Gasteiger charge is -2.09. The molecular weight excluding hydrogens is 221 g/mol. The molecule has 1 fully saturated rings. The molecule has 2 rings (SSSR count). The van der Waals surface area contributed by atoms with Gasteiger partial charge in [0.2, 0.25) is 0 Å². The number of ketones is 1. The van der Waals surface area contributed by atoms with Gasteiger partial charge in [-0.1, -0.05) is 29.3 Å². The van der Waals surface area contributed by atoms with E-state index in [0.29, 0.717) is 28.9 Å². The number of nitrogens with zero attached hydrogens (tertiary/aromatic N) is 1. The van der Waals surface area contributed by atoms with Crippen LogP contribution in [0.3, 0.4) is 0 Å². The van der Waals surface area contributed by atoms with Gasteiger partial charge < -0.3 is 0 Å². The first-order valence-electron chi connectivity index (χ1n) is 4.50. The summed E-state index contributed by atoms with van der Waals surface area (Å²) in [6, 6.07) is 3.58. The standard InChI is InChI=1S/C10H9Cl2NO/c11-9-4-3-8(10(12)13-9)6-1-2-7(14)5-6/h3-4,6H,1-2,5H2. The Morgan fingerprint density at radius 1 is 1.36 bits per heavy atom. The Hall–Kier alpha value is -0.600. The second-order valence-corrected chi connectivity index (χ2v) is 4.24. The van der Waals surface area contributed by atoms with Crippen LogP contribution < -0.4 is 0 Å². The van der Waals surface area contributed by atoms with Crippen molar-refractivity contribution in [1.29, 1.82) is 0 Å². The fourth-order valence-corrected chi connectivity index (χ4v) is 2.31. The molecule has 0 spiro atoms.